The molecular weight excluding hydrogens is 188 g/mol. The molecule has 2 aromatic rings. The average Bonchev–Trinajstić information content (AvgIpc) is 2.26. The van der Waals surface area contributed by atoms with E-state index in [1.807, 2.05) is 12.1 Å². The van der Waals surface area contributed by atoms with E-state index >= 15 is 0 Å². The van der Waals surface area contributed by atoms with Crippen LogP contribution in [-0.4, -0.2) is 0 Å². The highest BCUT2D eigenvalue weighted by Crippen LogP contribution is 2.20. The summed E-state index contributed by atoms with van der Waals surface area (Å²) < 4.78 is 5.19. The van der Waals surface area contributed by atoms with Crippen molar-refractivity contribution in [2.75, 3.05) is 0 Å². The van der Waals surface area contributed by atoms with Gasteiger partial charge in [-0.25, -0.2) is 4.79 Å². The largest absolute Gasteiger partial charge is 0.423 e. The zero-order valence-corrected chi connectivity index (χ0v) is 9.04. The highest BCUT2D eigenvalue weighted by atomic mass is 16.4. The lowest BCUT2D eigenvalue weighted by atomic mass is 10.0. The smallest absolute Gasteiger partial charge is 0.336 e. The molecule has 0 saturated carbocycles. The van der Waals surface area contributed by atoms with Crippen molar-refractivity contribution < 1.29 is 4.42 Å². The Labute approximate surface area is 88.5 Å². The topological polar surface area (TPSA) is 30.2 Å². The summed E-state index contributed by atoms with van der Waals surface area (Å²) in [5.74, 6) is 0. The van der Waals surface area contributed by atoms with Gasteiger partial charge in [-0.05, 0) is 36.1 Å². The van der Waals surface area contributed by atoms with Crippen molar-refractivity contribution in [2.24, 2.45) is 0 Å². The summed E-state index contributed by atoms with van der Waals surface area (Å²) in [6.07, 6.45) is 1.92. The third-order valence-corrected chi connectivity index (χ3v) is 2.67. The third-order valence-electron chi connectivity index (χ3n) is 2.67. The van der Waals surface area contributed by atoms with Gasteiger partial charge in [0, 0.05) is 11.5 Å². The summed E-state index contributed by atoms with van der Waals surface area (Å²) in [7, 11) is 0. The van der Waals surface area contributed by atoms with E-state index < -0.39 is 0 Å². The van der Waals surface area contributed by atoms with Gasteiger partial charge in [-0.3, -0.25) is 0 Å². The second kappa shape index (κ2) is 3.89. The summed E-state index contributed by atoms with van der Waals surface area (Å²) in [6, 6.07) is 7.46. The Hall–Kier alpha value is -1.57. The molecule has 2 rings (SSSR count). The van der Waals surface area contributed by atoms with Crippen LogP contribution in [0.1, 0.15) is 25.0 Å². The van der Waals surface area contributed by atoms with E-state index in [1.165, 1.54) is 17.2 Å². The van der Waals surface area contributed by atoms with Crippen molar-refractivity contribution in [3.05, 3.63) is 45.8 Å². The first kappa shape index (κ1) is 9.97. The summed E-state index contributed by atoms with van der Waals surface area (Å²) in [5, 5.41) is 1.05. The number of rotatable bonds is 2. The van der Waals surface area contributed by atoms with Crippen LogP contribution in [0.2, 0.25) is 0 Å². The van der Waals surface area contributed by atoms with Crippen molar-refractivity contribution in [3.63, 3.8) is 0 Å². The summed E-state index contributed by atoms with van der Waals surface area (Å²) in [4.78, 5) is 11.1. The van der Waals surface area contributed by atoms with E-state index in [0.717, 1.165) is 18.2 Å². The van der Waals surface area contributed by atoms with Crippen LogP contribution in [0.4, 0.5) is 0 Å². The van der Waals surface area contributed by atoms with Gasteiger partial charge in [-0.1, -0.05) is 19.9 Å². The van der Waals surface area contributed by atoms with Crippen molar-refractivity contribution >= 4 is 11.0 Å². The lowest BCUT2D eigenvalue weighted by Crippen LogP contribution is -1.97. The normalized spacial score (nSPS) is 10.8. The SMILES string of the molecule is CCc1cc(CC)c2ccc(=O)oc2c1. The van der Waals surface area contributed by atoms with Crippen LogP contribution in [0, 0.1) is 0 Å². The summed E-state index contributed by atoms with van der Waals surface area (Å²) in [6.45, 7) is 4.21. The lowest BCUT2D eigenvalue weighted by Gasteiger charge is -2.05. The molecule has 0 bridgehead atoms. The quantitative estimate of drug-likeness (QED) is 0.701. The molecule has 0 aliphatic rings. The van der Waals surface area contributed by atoms with Crippen LogP contribution in [0.5, 0.6) is 0 Å². The monoisotopic (exact) mass is 202 g/mol. The molecule has 0 atom stereocenters. The first-order valence-corrected chi connectivity index (χ1v) is 5.30. The first-order chi connectivity index (χ1) is 7.24. The molecule has 0 radical (unpaired) electrons. The number of aryl methyl sites for hydroxylation is 2. The molecule has 0 fully saturated rings. The minimum Gasteiger partial charge on any atom is -0.423 e. The highest BCUT2D eigenvalue weighted by Gasteiger charge is 2.04. The molecule has 0 unspecified atom stereocenters. The fourth-order valence-electron chi connectivity index (χ4n) is 1.81. The van der Waals surface area contributed by atoms with Gasteiger partial charge in [0.05, 0.1) is 0 Å². The van der Waals surface area contributed by atoms with Gasteiger partial charge >= 0.3 is 5.63 Å². The number of hydrogen-bond donors (Lipinski definition) is 0. The molecule has 78 valence electrons. The van der Waals surface area contributed by atoms with Crippen LogP contribution in [0.25, 0.3) is 11.0 Å². The molecule has 0 saturated heterocycles. The maximum Gasteiger partial charge on any atom is 0.336 e. The average molecular weight is 202 g/mol. The zero-order chi connectivity index (χ0) is 10.8. The molecule has 15 heavy (non-hydrogen) atoms. The van der Waals surface area contributed by atoms with Crippen molar-refractivity contribution in [1.82, 2.24) is 0 Å². The Morgan fingerprint density at radius 1 is 1.13 bits per heavy atom. The van der Waals surface area contributed by atoms with Gasteiger partial charge in [0.1, 0.15) is 5.58 Å². The van der Waals surface area contributed by atoms with Gasteiger partial charge < -0.3 is 4.42 Å². The standard InChI is InChI=1S/C13H14O2/c1-3-9-7-10(4-2)11-5-6-13(14)15-12(11)8-9/h5-8H,3-4H2,1-2H3. The molecule has 2 heteroatoms. The lowest BCUT2D eigenvalue weighted by molar-refractivity contribution is 0.560. The van der Waals surface area contributed by atoms with E-state index in [4.69, 9.17) is 4.42 Å². The summed E-state index contributed by atoms with van der Waals surface area (Å²) >= 11 is 0. The van der Waals surface area contributed by atoms with Gasteiger partial charge in [-0.15, -0.1) is 0 Å². The van der Waals surface area contributed by atoms with Gasteiger partial charge in [0.25, 0.3) is 0 Å². The highest BCUT2D eigenvalue weighted by molar-refractivity contribution is 5.81. The minimum absolute atomic E-state index is 0.280. The van der Waals surface area contributed by atoms with Crippen LogP contribution < -0.4 is 5.63 Å². The van der Waals surface area contributed by atoms with Crippen molar-refractivity contribution in [1.29, 1.82) is 0 Å². The van der Waals surface area contributed by atoms with Gasteiger partial charge in [0.15, 0.2) is 0 Å². The Balaban J connectivity index is 2.80. The molecule has 0 N–H and O–H groups in total. The molecule has 1 aromatic carbocycles. The molecule has 0 amide bonds. The number of hydrogen-bond acceptors (Lipinski definition) is 2. The van der Waals surface area contributed by atoms with E-state index in [-0.39, 0.29) is 5.63 Å². The van der Waals surface area contributed by atoms with E-state index in [2.05, 4.69) is 19.9 Å². The molecular formula is C13H14O2. The molecule has 2 nitrogen and oxygen atoms in total. The fourth-order valence-corrected chi connectivity index (χ4v) is 1.81. The molecule has 0 spiro atoms. The van der Waals surface area contributed by atoms with E-state index in [1.54, 1.807) is 0 Å². The predicted molar refractivity (Wildman–Crippen MR) is 61.2 cm³/mol. The van der Waals surface area contributed by atoms with Crippen molar-refractivity contribution in [2.45, 2.75) is 26.7 Å². The Bertz CT molecular complexity index is 538. The third kappa shape index (κ3) is 1.80. The fraction of sp³-hybridized carbons (Fsp3) is 0.308. The van der Waals surface area contributed by atoms with Crippen LogP contribution in [-0.2, 0) is 12.8 Å². The minimum atomic E-state index is -0.280. The van der Waals surface area contributed by atoms with Crippen LogP contribution in [0.3, 0.4) is 0 Å². The number of benzene rings is 1. The number of fused-ring (bicyclic) bond motifs is 1. The summed E-state index contributed by atoms with van der Waals surface area (Å²) in [5.41, 5.74) is 2.89. The predicted octanol–water partition coefficient (Wildman–Crippen LogP) is 2.92. The molecule has 1 aromatic heterocycles. The van der Waals surface area contributed by atoms with Crippen LogP contribution >= 0.6 is 0 Å². The first-order valence-electron chi connectivity index (χ1n) is 5.30. The molecule has 0 aliphatic heterocycles. The second-order valence-electron chi connectivity index (χ2n) is 3.63. The maximum absolute atomic E-state index is 11.1. The molecule has 1 heterocycles. The second-order valence-corrected chi connectivity index (χ2v) is 3.63. The van der Waals surface area contributed by atoms with Crippen LogP contribution in [0.15, 0.2) is 33.5 Å². The Morgan fingerprint density at radius 2 is 1.93 bits per heavy atom. The van der Waals surface area contributed by atoms with Gasteiger partial charge in [0.2, 0.25) is 0 Å². The zero-order valence-electron chi connectivity index (χ0n) is 9.04. The Kier molecular flexibility index (Phi) is 2.58. The maximum atomic E-state index is 11.1. The molecule has 0 aliphatic carbocycles. The van der Waals surface area contributed by atoms with E-state index in [0.29, 0.717) is 5.58 Å². The Morgan fingerprint density at radius 3 is 2.60 bits per heavy atom. The van der Waals surface area contributed by atoms with Gasteiger partial charge in [-0.2, -0.15) is 0 Å². The van der Waals surface area contributed by atoms with Crippen molar-refractivity contribution in [3.8, 4) is 0 Å². The van der Waals surface area contributed by atoms with E-state index in [9.17, 15) is 4.79 Å².